The number of carbonyl (C=O) groups is 1. The molecule has 0 saturated heterocycles. The van der Waals surface area contributed by atoms with E-state index >= 15 is 0 Å². The van der Waals surface area contributed by atoms with Crippen molar-refractivity contribution in [2.75, 3.05) is 5.32 Å². The molecule has 0 fully saturated rings. The molecular weight excluding hydrogens is 348 g/mol. The largest absolute Gasteiger partial charge is 0.489 e. The van der Waals surface area contributed by atoms with Gasteiger partial charge >= 0.3 is 0 Å². The molecule has 0 saturated carbocycles. The summed E-state index contributed by atoms with van der Waals surface area (Å²) in [6.45, 7) is 2.46. The number of aryl methyl sites for hydroxylation is 1. The van der Waals surface area contributed by atoms with Crippen molar-refractivity contribution in [3.8, 4) is 5.75 Å². The SMILES string of the molecule is CCc1nnc(NC(=O)/C=C/c2ccc(OCc3cccnc3)cc2)s1. The van der Waals surface area contributed by atoms with E-state index in [-0.39, 0.29) is 5.91 Å². The molecule has 1 N–H and O–H groups in total. The Kier molecular flexibility index (Phi) is 6.05. The van der Waals surface area contributed by atoms with Gasteiger partial charge in [-0.3, -0.25) is 15.1 Å². The standard InChI is InChI=1S/C19H18N4O2S/c1-2-18-22-23-19(26-18)21-17(24)10-7-14-5-8-16(9-6-14)25-13-15-4-3-11-20-12-15/h3-12H,2,13H2,1H3,(H,21,23,24)/b10-7+. The number of benzene rings is 1. The highest BCUT2D eigenvalue weighted by molar-refractivity contribution is 7.15. The van der Waals surface area contributed by atoms with Crippen molar-refractivity contribution < 1.29 is 9.53 Å². The average Bonchev–Trinajstić information content (AvgIpc) is 3.14. The number of rotatable bonds is 7. The van der Waals surface area contributed by atoms with E-state index in [0.717, 1.165) is 28.3 Å². The molecule has 7 heteroatoms. The van der Waals surface area contributed by atoms with Crippen molar-refractivity contribution in [2.45, 2.75) is 20.0 Å². The van der Waals surface area contributed by atoms with Gasteiger partial charge in [0.1, 0.15) is 17.4 Å². The fraction of sp³-hybridized carbons (Fsp3) is 0.158. The Morgan fingerprint density at radius 2 is 2.08 bits per heavy atom. The second-order valence-corrected chi connectivity index (χ2v) is 6.46. The summed E-state index contributed by atoms with van der Waals surface area (Å²) in [4.78, 5) is 16.0. The van der Waals surface area contributed by atoms with Crippen LogP contribution in [0.2, 0.25) is 0 Å². The third-order valence-electron chi connectivity index (χ3n) is 3.43. The van der Waals surface area contributed by atoms with Crippen LogP contribution in [0.4, 0.5) is 5.13 Å². The molecule has 0 aliphatic heterocycles. The van der Waals surface area contributed by atoms with Gasteiger partial charge in [0, 0.05) is 24.0 Å². The number of ether oxygens (including phenoxy) is 1. The van der Waals surface area contributed by atoms with Crippen molar-refractivity contribution in [3.05, 3.63) is 71.0 Å². The van der Waals surface area contributed by atoms with Gasteiger partial charge in [-0.05, 0) is 36.3 Å². The average molecular weight is 366 g/mol. The summed E-state index contributed by atoms with van der Waals surface area (Å²) in [7, 11) is 0. The van der Waals surface area contributed by atoms with Crippen molar-refractivity contribution >= 4 is 28.5 Å². The molecule has 2 aromatic heterocycles. The van der Waals surface area contributed by atoms with Gasteiger partial charge in [-0.25, -0.2) is 0 Å². The van der Waals surface area contributed by atoms with Crippen molar-refractivity contribution in [3.63, 3.8) is 0 Å². The summed E-state index contributed by atoms with van der Waals surface area (Å²) in [6.07, 6.45) is 7.52. The second-order valence-electron chi connectivity index (χ2n) is 5.40. The fourth-order valence-electron chi connectivity index (χ4n) is 2.09. The molecule has 26 heavy (non-hydrogen) atoms. The maximum Gasteiger partial charge on any atom is 0.250 e. The highest BCUT2D eigenvalue weighted by atomic mass is 32.1. The minimum Gasteiger partial charge on any atom is -0.489 e. The highest BCUT2D eigenvalue weighted by Crippen LogP contribution is 2.16. The van der Waals surface area contributed by atoms with Crippen molar-refractivity contribution in [1.82, 2.24) is 15.2 Å². The number of aromatic nitrogens is 3. The normalized spacial score (nSPS) is 10.8. The first kappa shape index (κ1) is 17.8. The summed E-state index contributed by atoms with van der Waals surface area (Å²) in [6, 6.07) is 11.4. The van der Waals surface area contributed by atoms with Gasteiger partial charge in [-0.1, -0.05) is 36.5 Å². The third kappa shape index (κ3) is 5.22. The fourth-order valence-corrected chi connectivity index (χ4v) is 2.77. The molecule has 1 amide bonds. The zero-order chi connectivity index (χ0) is 18.2. The quantitative estimate of drug-likeness (QED) is 0.645. The van der Waals surface area contributed by atoms with E-state index in [4.69, 9.17) is 4.74 Å². The topological polar surface area (TPSA) is 77.0 Å². The van der Waals surface area contributed by atoms with Crippen LogP contribution in [-0.4, -0.2) is 21.1 Å². The number of nitrogens with one attached hydrogen (secondary N) is 1. The van der Waals surface area contributed by atoms with E-state index in [2.05, 4.69) is 20.5 Å². The van der Waals surface area contributed by atoms with Crippen LogP contribution in [0, 0.1) is 0 Å². The molecule has 0 aliphatic rings. The lowest BCUT2D eigenvalue weighted by Crippen LogP contribution is -2.07. The Hall–Kier alpha value is -3.06. The minimum absolute atomic E-state index is 0.235. The smallest absolute Gasteiger partial charge is 0.250 e. The first-order chi connectivity index (χ1) is 12.7. The zero-order valence-corrected chi connectivity index (χ0v) is 15.1. The number of amides is 1. The number of anilines is 1. The summed E-state index contributed by atoms with van der Waals surface area (Å²) < 4.78 is 5.71. The molecular formula is C19H18N4O2S. The summed E-state index contributed by atoms with van der Waals surface area (Å²) >= 11 is 1.38. The number of hydrogen-bond donors (Lipinski definition) is 1. The van der Waals surface area contributed by atoms with Gasteiger partial charge in [-0.2, -0.15) is 0 Å². The lowest BCUT2D eigenvalue weighted by atomic mass is 10.2. The zero-order valence-electron chi connectivity index (χ0n) is 14.3. The molecule has 0 spiro atoms. The molecule has 3 rings (SSSR count). The molecule has 0 unspecified atom stereocenters. The van der Waals surface area contributed by atoms with Crippen LogP contribution in [0.15, 0.2) is 54.9 Å². The maximum atomic E-state index is 11.9. The second kappa shape index (κ2) is 8.87. The lowest BCUT2D eigenvalue weighted by molar-refractivity contribution is -0.111. The van der Waals surface area contributed by atoms with Crippen LogP contribution in [0.5, 0.6) is 5.75 Å². The van der Waals surface area contributed by atoms with Gasteiger partial charge in [-0.15, -0.1) is 10.2 Å². The lowest BCUT2D eigenvalue weighted by Gasteiger charge is -2.06. The van der Waals surface area contributed by atoms with Gasteiger partial charge < -0.3 is 4.74 Å². The number of hydrogen-bond acceptors (Lipinski definition) is 6. The maximum absolute atomic E-state index is 11.9. The highest BCUT2D eigenvalue weighted by Gasteiger charge is 2.04. The Bertz CT molecular complexity index is 876. The molecule has 0 atom stereocenters. The molecule has 0 radical (unpaired) electrons. The van der Waals surface area contributed by atoms with Gasteiger partial charge in [0.05, 0.1) is 0 Å². The van der Waals surface area contributed by atoms with E-state index in [9.17, 15) is 4.79 Å². The first-order valence-electron chi connectivity index (χ1n) is 8.16. The summed E-state index contributed by atoms with van der Waals surface area (Å²) in [5.74, 6) is 0.525. The molecule has 2 heterocycles. The van der Waals surface area contributed by atoms with E-state index in [1.165, 1.54) is 17.4 Å². The monoisotopic (exact) mass is 366 g/mol. The third-order valence-corrected chi connectivity index (χ3v) is 4.42. The predicted octanol–water partition coefficient (Wildman–Crippen LogP) is 3.73. The Balaban J connectivity index is 1.51. The Labute approximate surface area is 155 Å². The summed E-state index contributed by atoms with van der Waals surface area (Å²) in [5, 5.41) is 12.0. The first-order valence-corrected chi connectivity index (χ1v) is 8.98. The number of nitrogens with zero attached hydrogens (tertiary/aromatic N) is 3. The van der Waals surface area contributed by atoms with Gasteiger partial charge in [0.15, 0.2) is 0 Å². The van der Waals surface area contributed by atoms with Crippen LogP contribution < -0.4 is 10.1 Å². The van der Waals surface area contributed by atoms with Gasteiger partial charge in [0.2, 0.25) is 11.0 Å². The molecule has 3 aromatic rings. The molecule has 1 aromatic carbocycles. The summed E-state index contributed by atoms with van der Waals surface area (Å²) in [5.41, 5.74) is 1.91. The van der Waals surface area contributed by atoms with Crippen molar-refractivity contribution in [2.24, 2.45) is 0 Å². The van der Waals surface area contributed by atoms with E-state index in [1.807, 2.05) is 43.3 Å². The minimum atomic E-state index is -0.235. The van der Waals surface area contributed by atoms with Crippen molar-refractivity contribution in [1.29, 1.82) is 0 Å². The number of carbonyl (C=O) groups excluding carboxylic acids is 1. The van der Waals surface area contributed by atoms with Crippen LogP contribution in [0.3, 0.4) is 0 Å². The molecule has 132 valence electrons. The Morgan fingerprint density at radius 3 is 2.77 bits per heavy atom. The van der Waals surface area contributed by atoms with Crippen LogP contribution in [-0.2, 0) is 17.8 Å². The Morgan fingerprint density at radius 1 is 1.23 bits per heavy atom. The van der Waals surface area contributed by atoms with E-state index in [1.54, 1.807) is 18.5 Å². The van der Waals surface area contributed by atoms with Crippen LogP contribution in [0.1, 0.15) is 23.1 Å². The van der Waals surface area contributed by atoms with Crippen LogP contribution >= 0.6 is 11.3 Å². The molecule has 0 aliphatic carbocycles. The predicted molar refractivity (Wildman–Crippen MR) is 102 cm³/mol. The van der Waals surface area contributed by atoms with Crippen LogP contribution in [0.25, 0.3) is 6.08 Å². The van der Waals surface area contributed by atoms with E-state index < -0.39 is 0 Å². The number of pyridine rings is 1. The molecule has 0 bridgehead atoms. The molecule has 6 nitrogen and oxygen atoms in total. The van der Waals surface area contributed by atoms with Gasteiger partial charge in [0.25, 0.3) is 0 Å². The van der Waals surface area contributed by atoms with E-state index in [0.29, 0.717) is 11.7 Å².